The predicted molar refractivity (Wildman–Crippen MR) is 40.4 cm³/mol. The second-order valence-corrected chi connectivity index (χ2v) is 3.27. The molecule has 0 spiro atoms. The lowest BCUT2D eigenvalue weighted by atomic mass is 9.84. The van der Waals surface area contributed by atoms with Crippen molar-refractivity contribution in [2.75, 3.05) is 0 Å². The van der Waals surface area contributed by atoms with Crippen molar-refractivity contribution >= 4 is 5.84 Å². The van der Waals surface area contributed by atoms with Crippen molar-refractivity contribution in [2.24, 2.45) is 16.3 Å². The molecule has 76 valence electrons. The van der Waals surface area contributed by atoms with Gasteiger partial charge in [-0.3, -0.25) is 0 Å². The SMILES string of the molecule is N/C(=N\O)C1(C(F)(F)F)CCCC1. The average Bonchev–Trinajstić information content (AvgIpc) is 2.50. The van der Waals surface area contributed by atoms with E-state index in [0.29, 0.717) is 12.8 Å². The van der Waals surface area contributed by atoms with Crippen LogP contribution < -0.4 is 5.73 Å². The fourth-order valence-corrected chi connectivity index (χ4v) is 1.76. The minimum absolute atomic E-state index is 0.0770. The molecule has 3 nitrogen and oxygen atoms in total. The number of hydrogen-bond acceptors (Lipinski definition) is 2. The van der Waals surface area contributed by atoms with E-state index in [9.17, 15) is 13.2 Å². The van der Waals surface area contributed by atoms with Gasteiger partial charge in [0.1, 0.15) is 5.41 Å². The topological polar surface area (TPSA) is 58.6 Å². The Morgan fingerprint density at radius 3 is 2.08 bits per heavy atom. The summed E-state index contributed by atoms with van der Waals surface area (Å²) in [5, 5.41) is 10.8. The van der Waals surface area contributed by atoms with Crippen molar-refractivity contribution in [1.82, 2.24) is 0 Å². The minimum Gasteiger partial charge on any atom is -0.409 e. The van der Waals surface area contributed by atoms with Gasteiger partial charge in [0, 0.05) is 0 Å². The highest BCUT2D eigenvalue weighted by Gasteiger charge is 2.59. The van der Waals surface area contributed by atoms with E-state index in [1.165, 1.54) is 0 Å². The molecule has 0 aliphatic heterocycles. The zero-order chi connectivity index (χ0) is 10.1. The molecule has 0 unspecified atom stereocenters. The highest BCUT2D eigenvalue weighted by atomic mass is 19.4. The van der Waals surface area contributed by atoms with Crippen LogP contribution in [-0.2, 0) is 0 Å². The summed E-state index contributed by atoms with van der Waals surface area (Å²) >= 11 is 0. The second kappa shape index (κ2) is 3.08. The number of oxime groups is 1. The molecule has 13 heavy (non-hydrogen) atoms. The third kappa shape index (κ3) is 1.45. The first-order valence-corrected chi connectivity index (χ1v) is 3.99. The van der Waals surface area contributed by atoms with Gasteiger partial charge in [0.05, 0.1) is 0 Å². The zero-order valence-electron chi connectivity index (χ0n) is 6.93. The highest BCUT2D eigenvalue weighted by molar-refractivity contribution is 5.87. The summed E-state index contributed by atoms with van der Waals surface area (Å²) in [5.74, 6) is -0.711. The molecular weight excluding hydrogens is 185 g/mol. The quantitative estimate of drug-likeness (QED) is 0.291. The van der Waals surface area contributed by atoms with E-state index in [0.717, 1.165) is 0 Å². The van der Waals surface area contributed by atoms with Gasteiger partial charge in [0.25, 0.3) is 0 Å². The summed E-state index contributed by atoms with van der Waals surface area (Å²) < 4.78 is 37.7. The van der Waals surface area contributed by atoms with Crippen LogP contribution >= 0.6 is 0 Å². The third-order valence-corrected chi connectivity index (χ3v) is 2.60. The summed E-state index contributed by atoms with van der Waals surface area (Å²) in [7, 11) is 0. The van der Waals surface area contributed by atoms with Crippen molar-refractivity contribution in [1.29, 1.82) is 0 Å². The summed E-state index contributed by atoms with van der Waals surface area (Å²) in [4.78, 5) is 0. The van der Waals surface area contributed by atoms with E-state index < -0.39 is 17.4 Å². The standard InChI is InChI=1S/C7H11F3N2O/c8-7(9,10)6(5(11)12-13)3-1-2-4-6/h13H,1-4H2,(H2,11,12). The van der Waals surface area contributed by atoms with Crippen LogP contribution in [0.15, 0.2) is 5.16 Å². The van der Waals surface area contributed by atoms with Crippen LogP contribution in [0, 0.1) is 5.41 Å². The summed E-state index contributed by atoms with van der Waals surface area (Å²) in [5.41, 5.74) is 3.00. The van der Waals surface area contributed by atoms with Crippen LogP contribution in [0.25, 0.3) is 0 Å². The van der Waals surface area contributed by atoms with Gasteiger partial charge in [-0.05, 0) is 12.8 Å². The molecule has 0 saturated heterocycles. The molecule has 0 heterocycles. The molecule has 0 radical (unpaired) electrons. The summed E-state index contributed by atoms with van der Waals surface area (Å²) in [6.45, 7) is 0. The Morgan fingerprint density at radius 1 is 1.31 bits per heavy atom. The molecule has 0 amide bonds. The van der Waals surface area contributed by atoms with E-state index >= 15 is 0 Å². The maximum atomic E-state index is 12.6. The minimum atomic E-state index is -4.42. The average molecular weight is 196 g/mol. The van der Waals surface area contributed by atoms with Crippen molar-refractivity contribution in [2.45, 2.75) is 31.9 Å². The molecule has 0 atom stereocenters. The molecule has 1 rings (SSSR count). The van der Waals surface area contributed by atoms with Crippen molar-refractivity contribution in [3.63, 3.8) is 0 Å². The molecule has 0 aromatic heterocycles. The Labute approximate surface area is 73.4 Å². The van der Waals surface area contributed by atoms with Gasteiger partial charge in [-0.2, -0.15) is 13.2 Å². The maximum Gasteiger partial charge on any atom is 0.401 e. The van der Waals surface area contributed by atoms with Gasteiger partial charge < -0.3 is 10.9 Å². The van der Waals surface area contributed by atoms with E-state index in [2.05, 4.69) is 5.16 Å². The highest BCUT2D eigenvalue weighted by Crippen LogP contribution is 2.50. The molecule has 1 aliphatic rings. The lowest BCUT2D eigenvalue weighted by Gasteiger charge is -2.29. The van der Waals surface area contributed by atoms with Crippen molar-refractivity contribution in [3.8, 4) is 0 Å². The first-order chi connectivity index (χ1) is 5.94. The Balaban J connectivity index is 3.01. The van der Waals surface area contributed by atoms with Crippen LogP contribution in [0.4, 0.5) is 13.2 Å². The van der Waals surface area contributed by atoms with Gasteiger partial charge in [-0.1, -0.05) is 18.0 Å². The lowest BCUT2D eigenvalue weighted by Crippen LogP contribution is -2.46. The van der Waals surface area contributed by atoms with Crippen LogP contribution in [-0.4, -0.2) is 17.2 Å². The molecule has 1 aliphatic carbocycles. The number of rotatable bonds is 1. The van der Waals surface area contributed by atoms with Gasteiger partial charge in [0.15, 0.2) is 5.84 Å². The largest absolute Gasteiger partial charge is 0.409 e. The second-order valence-electron chi connectivity index (χ2n) is 3.27. The van der Waals surface area contributed by atoms with Gasteiger partial charge in [-0.25, -0.2) is 0 Å². The maximum absolute atomic E-state index is 12.6. The van der Waals surface area contributed by atoms with Crippen molar-refractivity contribution < 1.29 is 18.4 Å². The molecule has 0 aromatic carbocycles. The normalized spacial score (nSPS) is 23.5. The molecule has 0 aromatic rings. The van der Waals surface area contributed by atoms with E-state index in [1.54, 1.807) is 0 Å². The van der Waals surface area contributed by atoms with Crippen LogP contribution in [0.5, 0.6) is 0 Å². The number of amidine groups is 1. The van der Waals surface area contributed by atoms with Crippen LogP contribution in [0.1, 0.15) is 25.7 Å². The fourth-order valence-electron chi connectivity index (χ4n) is 1.76. The third-order valence-electron chi connectivity index (χ3n) is 2.60. The Hall–Kier alpha value is -0.940. The monoisotopic (exact) mass is 196 g/mol. The fraction of sp³-hybridized carbons (Fsp3) is 0.857. The number of alkyl halides is 3. The smallest absolute Gasteiger partial charge is 0.401 e. The molecular formula is C7H11F3N2O. The Bertz CT molecular complexity index is 218. The zero-order valence-corrected chi connectivity index (χ0v) is 6.93. The van der Waals surface area contributed by atoms with E-state index in [4.69, 9.17) is 10.9 Å². The van der Waals surface area contributed by atoms with Gasteiger partial charge in [0.2, 0.25) is 0 Å². The van der Waals surface area contributed by atoms with E-state index in [-0.39, 0.29) is 12.8 Å². The number of hydrogen-bond donors (Lipinski definition) is 2. The van der Waals surface area contributed by atoms with Crippen LogP contribution in [0.2, 0.25) is 0 Å². The molecule has 1 saturated carbocycles. The van der Waals surface area contributed by atoms with Gasteiger partial charge in [-0.15, -0.1) is 0 Å². The van der Waals surface area contributed by atoms with Crippen molar-refractivity contribution in [3.05, 3.63) is 0 Å². The Morgan fingerprint density at radius 2 is 1.77 bits per heavy atom. The van der Waals surface area contributed by atoms with Gasteiger partial charge >= 0.3 is 6.18 Å². The number of halogens is 3. The molecule has 1 fully saturated rings. The number of nitrogens with zero attached hydrogens (tertiary/aromatic N) is 1. The first kappa shape index (κ1) is 10.1. The number of nitrogens with two attached hydrogens (primary N) is 1. The van der Waals surface area contributed by atoms with Crippen LogP contribution in [0.3, 0.4) is 0 Å². The lowest BCUT2D eigenvalue weighted by molar-refractivity contribution is -0.196. The van der Waals surface area contributed by atoms with E-state index in [1.807, 2.05) is 0 Å². The summed E-state index contributed by atoms with van der Waals surface area (Å²) in [6.07, 6.45) is -3.63. The molecule has 3 N–H and O–H groups in total. The summed E-state index contributed by atoms with van der Waals surface area (Å²) in [6, 6.07) is 0. The molecule has 6 heteroatoms. The predicted octanol–water partition coefficient (Wildman–Crippen LogP) is 1.86. The molecule has 0 bridgehead atoms. The first-order valence-electron chi connectivity index (χ1n) is 3.99. The Kier molecular flexibility index (Phi) is 2.40.